The summed E-state index contributed by atoms with van der Waals surface area (Å²) < 4.78 is 0. The third-order valence-electron chi connectivity index (χ3n) is 1.84. The number of unbranched alkanes of at least 4 members (excludes halogenated alkanes) is 2. The number of allylic oxidation sites excluding steroid dienone is 1. The van der Waals surface area contributed by atoms with Crippen molar-refractivity contribution >= 4 is 5.91 Å². The van der Waals surface area contributed by atoms with E-state index in [4.69, 9.17) is 6.42 Å². The molecule has 0 aliphatic carbocycles. The molecule has 0 spiro atoms. The quantitative estimate of drug-likeness (QED) is 0.375. The average molecular weight is 193 g/mol. The maximum Gasteiger partial charge on any atom is 0.220 e. The number of nitrogens with one attached hydrogen (secondary N) is 1. The van der Waals surface area contributed by atoms with Crippen LogP contribution in [-0.2, 0) is 4.79 Å². The molecule has 0 radical (unpaired) electrons. The molecule has 0 unspecified atom stereocenters. The summed E-state index contributed by atoms with van der Waals surface area (Å²) in [5.41, 5.74) is 0. The molecule has 0 bridgehead atoms. The fourth-order valence-electron chi connectivity index (χ4n) is 1.06. The first-order chi connectivity index (χ1) is 6.81. The lowest BCUT2D eigenvalue weighted by atomic mass is 10.2. The molecule has 2 nitrogen and oxygen atoms in total. The van der Waals surface area contributed by atoms with Crippen LogP contribution in [0.25, 0.3) is 0 Å². The second-order valence-electron chi connectivity index (χ2n) is 3.12. The van der Waals surface area contributed by atoms with Crippen molar-refractivity contribution in [1.82, 2.24) is 5.32 Å². The van der Waals surface area contributed by atoms with Gasteiger partial charge < -0.3 is 5.32 Å². The third kappa shape index (κ3) is 8.86. The van der Waals surface area contributed by atoms with Gasteiger partial charge >= 0.3 is 0 Å². The average Bonchev–Trinajstić information content (AvgIpc) is 2.19. The van der Waals surface area contributed by atoms with Gasteiger partial charge in [-0.05, 0) is 26.2 Å². The zero-order valence-electron chi connectivity index (χ0n) is 8.88. The highest BCUT2D eigenvalue weighted by Gasteiger charge is 1.98. The van der Waals surface area contributed by atoms with Gasteiger partial charge in [0.15, 0.2) is 0 Å². The molecule has 1 amide bonds. The Balaban J connectivity index is 3.24. The second kappa shape index (κ2) is 9.85. The third-order valence-corrected chi connectivity index (χ3v) is 1.84. The van der Waals surface area contributed by atoms with Crippen molar-refractivity contribution in [3.8, 4) is 12.3 Å². The van der Waals surface area contributed by atoms with Crippen LogP contribution >= 0.6 is 0 Å². The molecule has 0 aliphatic heterocycles. The molecule has 2 heteroatoms. The molecule has 0 atom stereocenters. The number of hydrogen-bond donors (Lipinski definition) is 1. The van der Waals surface area contributed by atoms with E-state index in [1.165, 1.54) is 0 Å². The Kier molecular flexibility index (Phi) is 8.99. The lowest BCUT2D eigenvalue weighted by Gasteiger charge is -2.02. The highest BCUT2D eigenvalue weighted by molar-refractivity contribution is 5.75. The summed E-state index contributed by atoms with van der Waals surface area (Å²) in [5.74, 6) is 2.69. The summed E-state index contributed by atoms with van der Waals surface area (Å²) in [6.07, 6.45) is 13.2. The van der Waals surface area contributed by atoms with Gasteiger partial charge in [-0.25, -0.2) is 0 Å². The highest BCUT2D eigenvalue weighted by atomic mass is 16.1. The zero-order chi connectivity index (χ0) is 10.6. The number of carbonyl (C=O) groups is 1. The monoisotopic (exact) mass is 193 g/mol. The van der Waals surface area contributed by atoms with Crippen LogP contribution in [0.1, 0.15) is 39.0 Å². The Morgan fingerprint density at radius 3 is 2.93 bits per heavy atom. The lowest BCUT2D eigenvalue weighted by Crippen LogP contribution is -2.23. The van der Waals surface area contributed by atoms with E-state index in [0.29, 0.717) is 6.42 Å². The van der Waals surface area contributed by atoms with E-state index < -0.39 is 0 Å². The van der Waals surface area contributed by atoms with Gasteiger partial charge in [-0.1, -0.05) is 12.2 Å². The highest BCUT2D eigenvalue weighted by Crippen LogP contribution is 1.98. The summed E-state index contributed by atoms with van der Waals surface area (Å²) in [4.78, 5) is 11.2. The van der Waals surface area contributed by atoms with Crippen molar-refractivity contribution in [2.75, 3.05) is 6.54 Å². The van der Waals surface area contributed by atoms with E-state index in [1.807, 2.05) is 19.1 Å². The minimum atomic E-state index is 0.131. The van der Waals surface area contributed by atoms with Gasteiger partial charge in [0.1, 0.15) is 0 Å². The Labute approximate surface area is 86.8 Å². The molecule has 0 aromatic heterocycles. The van der Waals surface area contributed by atoms with Gasteiger partial charge in [0, 0.05) is 19.4 Å². The maximum absolute atomic E-state index is 11.2. The second-order valence-corrected chi connectivity index (χ2v) is 3.12. The van der Waals surface area contributed by atoms with E-state index in [9.17, 15) is 4.79 Å². The predicted octanol–water partition coefficient (Wildman–Crippen LogP) is 2.26. The minimum absolute atomic E-state index is 0.131. The number of hydrogen-bond acceptors (Lipinski definition) is 1. The number of carbonyl (C=O) groups excluding carboxylic acids is 1. The molecule has 0 aromatic rings. The van der Waals surface area contributed by atoms with E-state index in [-0.39, 0.29) is 5.91 Å². The fraction of sp³-hybridized carbons (Fsp3) is 0.583. The van der Waals surface area contributed by atoms with Gasteiger partial charge in [0.2, 0.25) is 5.91 Å². The summed E-state index contributed by atoms with van der Waals surface area (Å²) in [5, 5.41) is 2.85. The number of amides is 1. The molecular weight excluding hydrogens is 174 g/mol. The van der Waals surface area contributed by atoms with Crippen molar-refractivity contribution in [2.45, 2.75) is 39.0 Å². The summed E-state index contributed by atoms with van der Waals surface area (Å²) >= 11 is 0. The molecule has 0 saturated carbocycles. The Morgan fingerprint density at radius 2 is 2.29 bits per heavy atom. The molecule has 0 rings (SSSR count). The van der Waals surface area contributed by atoms with Crippen molar-refractivity contribution in [3.05, 3.63) is 12.2 Å². The summed E-state index contributed by atoms with van der Waals surface area (Å²) in [6.45, 7) is 2.71. The van der Waals surface area contributed by atoms with Gasteiger partial charge in [-0.15, -0.1) is 12.3 Å². The van der Waals surface area contributed by atoms with Crippen LogP contribution in [-0.4, -0.2) is 12.5 Å². The van der Waals surface area contributed by atoms with Gasteiger partial charge in [-0.3, -0.25) is 4.79 Å². The van der Waals surface area contributed by atoms with Crippen LogP contribution in [0.15, 0.2) is 12.2 Å². The van der Waals surface area contributed by atoms with Crippen LogP contribution in [0.5, 0.6) is 0 Å². The van der Waals surface area contributed by atoms with Gasteiger partial charge in [0.05, 0.1) is 0 Å². The van der Waals surface area contributed by atoms with Gasteiger partial charge in [-0.2, -0.15) is 0 Å². The zero-order valence-corrected chi connectivity index (χ0v) is 8.88. The molecular formula is C12H19NO. The first-order valence-corrected chi connectivity index (χ1v) is 5.12. The van der Waals surface area contributed by atoms with Crippen LogP contribution in [0.3, 0.4) is 0 Å². The number of rotatable bonds is 7. The predicted molar refractivity (Wildman–Crippen MR) is 59.7 cm³/mol. The maximum atomic E-state index is 11.2. The molecule has 0 heterocycles. The SMILES string of the molecule is C#CCCCCC(=O)NCC/C=C/C. The normalized spacial score (nSPS) is 10.0. The smallest absolute Gasteiger partial charge is 0.220 e. The number of terminal acetylenes is 1. The lowest BCUT2D eigenvalue weighted by molar-refractivity contribution is -0.121. The van der Waals surface area contributed by atoms with Crippen LogP contribution in [0, 0.1) is 12.3 Å². The topological polar surface area (TPSA) is 29.1 Å². The molecule has 0 saturated heterocycles. The van der Waals surface area contributed by atoms with Crippen molar-refractivity contribution in [2.24, 2.45) is 0 Å². The molecule has 14 heavy (non-hydrogen) atoms. The molecule has 0 aliphatic rings. The van der Waals surface area contributed by atoms with E-state index in [0.717, 1.165) is 32.2 Å². The largest absolute Gasteiger partial charge is 0.356 e. The first-order valence-electron chi connectivity index (χ1n) is 5.12. The minimum Gasteiger partial charge on any atom is -0.356 e. The van der Waals surface area contributed by atoms with Crippen molar-refractivity contribution in [3.63, 3.8) is 0 Å². The first kappa shape index (κ1) is 12.8. The van der Waals surface area contributed by atoms with Crippen LogP contribution in [0.4, 0.5) is 0 Å². The summed E-state index contributed by atoms with van der Waals surface area (Å²) in [6, 6.07) is 0. The van der Waals surface area contributed by atoms with Gasteiger partial charge in [0.25, 0.3) is 0 Å². The van der Waals surface area contributed by atoms with Crippen LogP contribution < -0.4 is 5.32 Å². The standard InChI is InChI=1S/C12H19NO/c1-3-5-7-8-10-12(14)13-11-9-6-4-2/h1,4,6H,5,7-11H2,2H3,(H,13,14)/b6-4+. The van der Waals surface area contributed by atoms with E-state index in [1.54, 1.807) is 0 Å². The molecule has 78 valence electrons. The molecule has 1 N–H and O–H groups in total. The van der Waals surface area contributed by atoms with Crippen molar-refractivity contribution in [1.29, 1.82) is 0 Å². The van der Waals surface area contributed by atoms with E-state index in [2.05, 4.69) is 11.2 Å². The Hall–Kier alpha value is -1.23. The fourth-order valence-corrected chi connectivity index (χ4v) is 1.06. The van der Waals surface area contributed by atoms with Crippen molar-refractivity contribution < 1.29 is 4.79 Å². The summed E-state index contributed by atoms with van der Waals surface area (Å²) in [7, 11) is 0. The Bertz CT molecular complexity index is 213. The van der Waals surface area contributed by atoms with Crippen LogP contribution in [0.2, 0.25) is 0 Å². The molecule has 0 aromatic carbocycles. The Morgan fingerprint density at radius 1 is 1.50 bits per heavy atom. The van der Waals surface area contributed by atoms with E-state index >= 15 is 0 Å². The molecule has 0 fully saturated rings.